The van der Waals surface area contributed by atoms with Gasteiger partial charge in [0.2, 0.25) is 0 Å². The van der Waals surface area contributed by atoms with Crippen LogP contribution in [0.5, 0.6) is 0 Å². The standard InChI is InChI=1S/C13H26N2O/c1-3-14-11-5-4-6-12(9-11)15-8-7-13(10-15)16-2/h11-14H,3-10H2,1-2H3. The van der Waals surface area contributed by atoms with Crippen LogP contribution in [0.4, 0.5) is 0 Å². The van der Waals surface area contributed by atoms with E-state index >= 15 is 0 Å². The zero-order valence-corrected chi connectivity index (χ0v) is 10.7. The molecule has 0 amide bonds. The zero-order chi connectivity index (χ0) is 11.4. The molecule has 1 saturated heterocycles. The van der Waals surface area contributed by atoms with Gasteiger partial charge in [0, 0.05) is 32.3 Å². The molecule has 0 aromatic carbocycles. The van der Waals surface area contributed by atoms with E-state index in [2.05, 4.69) is 17.1 Å². The average molecular weight is 226 g/mol. The largest absolute Gasteiger partial charge is 0.380 e. The molecule has 1 saturated carbocycles. The summed E-state index contributed by atoms with van der Waals surface area (Å²) >= 11 is 0. The van der Waals surface area contributed by atoms with Gasteiger partial charge < -0.3 is 10.1 Å². The molecule has 0 aromatic heterocycles. The third kappa shape index (κ3) is 2.96. The molecular weight excluding hydrogens is 200 g/mol. The Morgan fingerprint density at radius 3 is 2.88 bits per heavy atom. The fourth-order valence-corrected chi connectivity index (χ4v) is 3.25. The van der Waals surface area contributed by atoms with E-state index in [1.807, 2.05) is 7.11 Å². The Morgan fingerprint density at radius 2 is 2.19 bits per heavy atom. The van der Waals surface area contributed by atoms with Gasteiger partial charge in [0.15, 0.2) is 0 Å². The normalized spacial score (nSPS) is 36.8. The maximum Gasteiger partial charge on any atom is 0.0710 e. The van der Waals surface area contributed by atoms with Gasteiger partial charge in [-0.15, -0.1) is 0 Å². The topological polar surface area (TPSA) is 24.5 Å². The summed E-state index contributed by atoms with van der Waals surface area (Å²) in [6.07, 6.45) is 7.18. The maximum absolute atomic E-state index is 5.45. The summed E-state index contributed by atoms with van der Waals surface area (Å²) in [7, 11) is 1.84. The number of hydrogen-bond donors (Lipinski definition) is 1. The van der Waals surface area contributed by atoms with Gasteiger partial charge in [-0.2, -0.15) is 0 Å². The first-order valence-electron chi connectivity index (χ1n) is 6.83. The molecule has 0 radical (unpaired) electrons. The van der Waals surface area contributed by atoms with Crippen LogP contribution in [-0.2, 0) is 4.74 Å². The van der Waals surface area contributed by atoms with Crippen molar-refractivity contribution < 1.29 is 4.74 Å². The van der Waals surface area contributed by atoms with Crippen molar-refractivity contribution in [3.63, 3.8) is 0 Å². The Kier molecular flexibility index (Phi) is 4.62. The first-order valence-corrected chi connectivity index (χ1v) is 6.83. The van der Waals surface area contributed by atoms with Gasteiger partial charge in [-0.05, 0) is 32.2 Å². The van der Waals surface area contributed by atoms with Gasteiger partial charge in [0.25, 0.3) is 0 Å². The lowest BCUT2D eigenvalue weighted by atomic mass is 9.90. The van der Waals surface area contributed by atoms with E-state index in [0.29, 0.717) is 6.10 Å². The van der Waals surface area contributed by atoms with Crippen LogP contribution in [-0.4, -0.2) is 49.8 Å². The molecule has 0 bridgehead atoms. The summed E-state index contributed by atoms with van der Waals surface area (Å²) in [5.74, 6) is 0. The van der Waals surface area contributed by atoms with Crippen LogP contribution in [0.3, 0.4) is 0 Å². The van der Waals surface area contributed by atoms with E-state index in [4.69, 9.17) is 4.74 Å². The van der Waals surface area contributed by atoms with Crippen LogP contribution in [0.25, 0.3) is 0 Å². The molecule has 1 heterocycles. The van der Waals surface area contributed by atoms with E-state index in [1.165, 1.54) is 38.6 Å². The Bertz CT molecular complexity index is 208. The van der Waals surface area contributed by atoms with Crippen molar-refractivity contribution in [2.75, 3.05) is 26.7 Å². The highest BCUT2D eigenvalue weighted by atomic mass is 16.5. The Labute approximate surface area is 99.5 Å². The van der Waals surface area contributed by atoms with Gasteiger partial charge in [0.05, 0.1) is 6.10 Å². The molecule has 2 aliphatic rings. The fourth-order valence-electron chi connectivity index (χ4n) is 3.25. The minimum atomic E-state index is 0.486. The lowest BCUT2D eigenvalue weighted by molar-refractivity contribution is 0.0923. The first-order chi connectivity index (χ1) is 7.83. The lowest BCUT2D eigenvalue weighted by Crippen LogP contribution is -2.43. The van der Waals surface area contributed by atoms with Crippen LogP contribution in [0.15, 0.2) is 0 Å². The monoisotopic (exact) mass is 226 g/mol. The highest BCUT2D eigenvalue weighted by Gasteiger charge is 2.31. The molecule has 3 unspecified atom stereocenters. The number of likely N-dealkylation sites (tertiary alicyclic amines) is 1. The van der Waals surface area contributed by atoms with Crippen molar-refractivity contribution in [3.05, 3.63) is 0 Å². The molecule has 3 atom stereocenters. The second kappa shape index (κ2) is 5.99. The second-order valence-corrected chi connectivity index (χ2v) is 5.22. The molecular formula is C13H26N2O. The highest BCUT2D eigenvalue weighted by Crippen LogP contribution is 2.26. The van der Waals surface area contributed by atoms with E-state index < -0.39 is 0 Å². The van der Waals surface area contributed by atoms with Crippen molar-refractivity contribution in [1.82, 2.24) is 10.2 Å². The quantitative estimate of drug-likeness (QED) is 0.788. The van der Waals surface area contributed by atoms with Gasteiger partial charge in [0.1, 0.15) is 0 Å². The molecule has 1 aliphatic carbocycles. The molecule has 3 nitrogen and oxygen atoms in total. The van der Waals surface area contributed by atoms with Crippen LogP contribution in [0, 0.1) is 0 Å². The highest BCUT2D eigenvalue weighted by molar-refractivity contribution is 4.88. The average Bonchev–Trinajstić information content (AvgIpc) is 2.78. The van der Waals surface area contributed by atoms with Crippen LogP contribution in [0.2, 0.25) is 0 Å². The van der Waals surface area contributed by atoms with Gasteiger partial charge in [-0.25, -0.2) is 0 Å². The fraction of sp³-hybridized carbons (Fsp3) is 1.00. The predicted molar refractivity (Wildman–Crippen MR) is 66.7 cm³/mol. The van der Waals surface area contributed by atoms with Crippen molar-refractivity contribution >= 4 is 0 Å². The minimum absolute atomic E-state index is 0.486. The minimum Gasteiger partial charge on any atom is -0.380 e. The molecule has 16 heavy (non-hydrogen) atoms. The van der Waals surface area contributed by atoms with Gasteiger partial charge >= 0.3 is 0 Å². The summed E-state index contributed by atoms with van der Waals surface area (Å²) in [5, 5.41) is 3.61. The third-order valence-electron chi connectivity index (χ3n) is 4.17. The summed E-state index contributed by atoms with van der Waals surface area (Å²) in [6.45, 7) is 5.71. The zero-order valence-electron chi connectivity index (χ0n) is 10.7. The Balaban J connectivity index is 1.80. The molecule has 1 aliphatic heterocycles. The molecule has 1 N–H and O–H groups in total. The van der Waals surface area contributed by atoms with Crippen LogP contribution < -0.4 is 5.32 Å². The van der Waals surface area contributed by atoms with Crippen molar-refractivity contribution in [2.24, 2.45) is 0 Å². The summed E-state index contributed by atoms with van der Waals surface area (Å²) in [5.41, 5.74) is 0. The number of nitrogens with zero attached hydrogens (tertiary/aromatic N) is 1. The van der Waals surface area contributed by atoms with Gasteiger partial charge in [-0.1, -0.05) is 13.3 Å². The van der Waals surface area contributed by atoms with Crippen molar-refractivity contribution in [3.8, 4) is 0 Å². The lowest BCUT2D eigenvalue weighted by Gasteiger charge is -2.35. The van der Waals surface area contributed by atoms with E-state index in [9.17, 15) is 0 Å². The summed E-state index contributed by atoms with van der Waals surface area (Å²) in [6, 6.07) is 1.56. The van der Waals surface area contributed by atoms with E-state index in [1.54, 1.807) is 0 Å². The second-order valence-electron chi connectivity index (χ2n) is 5.22. The molecule has 94 valence electrons. The summed E-state index contributed by atoms with van der Waals surface area (Å²) in [4.78, 5) is 2.65. The Morgan fingerprint density at radius 1 is 1.31 bits per heavy atom. The van der Waals surface area contributed by atoms with E-state index in [-0.39, 0.29) is 0 Å². The van der Waals surface area contributed by atoms with Gasteiger partial charge in [-0.3, -0.25) is 4.90 Å². The summed E-state index contributed by atoms with van der Waals surface area (Å²) < 4.78 is 5.45. The van der Waals surface area contributed by atoms with Crippen molar-refractivity contribution in [2.45, 2.75) is 57.2 Å². The number of hydrogen-bond acceptors (Lipinski definition) is 3. The molecule has 2 rings (SSSR count). The smallest absolute Gasteiger partial charge is 0.0710 e. The van der Waals surface area contributed by atoms with Crippen LogP contribution >= 0.6 is 0 Å². The SMILES string of the molecule is CCNC1CCCC(N2CCC(OC)C2)C1. The molecule has 2 fully saturated rings. The third-order valence-corrected chi connectivity index (χ3v) is 4.17. The number of rotatable bonds is 4. The van der Waals surface area contributed by atoms with Crippen molar-refractivity contribution in [1.29, 1.82) is 0 Å². The molecule has 3 heteroatoms. The predicted octanol–water partition coefficient (Wildman–Crippen LogP) is 1.63. The number of ether oxygens (including phenoxy) is 1. The Hall–Kier alpha value is -0.120. The van der Waals surface area contributed by atoms with Crippen LogP contribution in [0.1, 0.15) is 39.0 Å². The molecule has 0 aromatic rings. The number of nitrogens with one attached hydrogen (secondary N) is 1. The first kappa shape index (κ1) is 12.3. The molecule has 0 spiro atoms. The number of methoxy groups -OCH3 is 1. The van der Waals surface area contributed by atoms with E-state index in [0.717, 1.165) is 25.2 Å². The maximum atomic E-state index is 5.45.